The number of allylic oxidation sites excluding steroid dienone is 8. The molecule has 1 aliphatic heterocycles. The molecule has 0 aromatic carbocycles. The van der Waals surface area contributed by atoms with Gasteiger partial charge >= 0.3 is 11.9 Å². The molecule has 0 saturated carbocycles. The quantitative estimate of drug-likeness (QED) is 0.0349. The van der Waals surface area contributed by atoms with Gasteiger partial charge in [0.2, 0.25) is 0 Å². The summed E-state index contributed by atoms with van der Waals surface area (Å²) in [5, 5.41) is 0. The van der Waals surface area contributed by atoms with Crippen molar-refractivity contribution in [1.82, 2.24) is 14.7 Å². The number of likely N-dealkylation sites (N-methyl/N-ethyl adjacent to an activating group) is 1. The van der Waals surface area contributed by atoms with Crippen LogP contribution in [0, 0.1) is 0 Å². The zero-order valence-corrected chi connectivity index (χ0v) is 37.0. The van der Waals surface area contributed by atoms with Crippen LogP contribution in [-0.2, 0) is 19.1 Å². The predicted molar refractivity (Wildman–Crippen MR) is 240 cm³/mol. The van der Waals surface area contributed by atoms with E-state index in [9.17, 15) is 9.59 Å². The molecule has 56 heavy (non-hydrogen) atoms. The molecule has 1 heterocycles. The lowest BCUT2D eigenvalue weighted by Crippen LogP contribution is -2.47. The van der Waals surface area contributed by atoms with Crippen molar-refractivity contribution in [3.8, 4) is 0 Å². The molecular formula is C49H89N3O4. The molecule has 0 aromatic heterocycles. The van der Waals surface area contributed by atoms with Gasteiger partial charge in [0.25, 0.3) is 0 Å². The lowest BCUT2D eigenvalue weighted by Gasteiger charge is -2.34. The van der Waals surface area contributed by atoms with E-state index in [2.05, 4.69) is 84.2 Å². The summed E-state index contributed by atoms with van der Waals surface area (Å²) in [6.07, 6.45) is 48.1. The number of carbonyl (C=O) groups excluding carboxylic acids is 2. The minimum Gasteiger partial charge on any atom is -0.466 e. The predicted octanol–water partition coefficient (Wildman–Crippen LogP) is 12.0. The lowest BCUT2D eigenvalue weighted by atomic mass is 10.1. The number of piperazine rings is 1. The third kappa shape index (κ3) is 36.1. The summed E-state index contributed by atoms with van der Waals surface area (Å²) in [5.41, 5.74) is 0. The first-order valence-corrected chi connectivity index (χ1v) is 23.6. The Hall–Kier alpha value is -2.22. The summed E-state index contributed by atoms with van der Waals surface area (Å²) in [7, 11) is 2.17. The second kappa shape index (κ2) is 41.0. The van der Waals surface area contributed by atoms with Crippen LogP contribution in [0.3, 0.4) is 0 Å². The van der Waals surface area contributed by atoms with Gasteiger partial charge in [0.05, 0.1) is 26.1 Å². The van der Waals surface area contributed by atoms with Gasteiger partial charge in [0.15, 0.2) is 0 Å². The van der Waals surface area contributed by atoms with E-state index >= 15 is 0 Å². The van der Waals surface area contributed by atoms with Gasteiger partial charge < -0.3 is 19.3 Å². The number of unbranched alkanes of at least 4 members (excludes halogenated alkanes) is 18. The molecule has 0 radical (unpaired) electrons. The van der Waals surface area contributed by atoms with Crippen molar-refractivity contribution < 1.29 is 19.1 Å². The molecule has 0 aliphatic carbocycles. The average molecular weight is 784 g/mol. The van der Waals surface area contributed by atoms with Gasteiger partial charge in [0.1, 0.15) is 0 Å². The van der Waals surface area contributed by atoms with Crippen molar-refractivity contribution in [1.29, 1.82) is 0 Å². The van der Waals surface area contributed by atoms with Crippen molar-refractivity contribution in [3.05, 3.63) is 48.6 Å². The topological polar surface area (TPSA) is 62.3 Å². The minimum absolute atomic E-state index is 0.128. The molecule has 7 heteroatoms. The summed E-state index contributed by atoms with van der Waals surface area (Å²) < 4.78 is 11.2. The first-order chi connectivity index (χ1) is 27.5. The Kier molecular flexibility index (Phi) is 37.9. The van der Waals surface area contributed by atoms with Crippen LogP contribution < -0.4 is 0 Å². The fraction of sp³-hybridized carbons (Fsp3) is 0.796. The van der Waals surface area contributed by atoms with Crippen molar-refractivity contribution in [2.45, 2.75) is 181 Å². The Morgan fingerprint density at radius 2 is 0.857 bits per heavy atom. The highest BCUT2D eigenvalue weighted by Gasteiger charge is 2.17. The van der Waals surface area contributed by atoms with E-state index in [0.717, 1.165) is 77.8 Å². The van der Waals surface area contributed by atoms with Gasteiger partial charge in [-0.05, 0) is 84.1 Å². The number of hydrogen-bond donors (Lipinski definition) is 0. The number of carbonyl (C=O) groups is 2. The molecule has 7 nitrogen and oxygen atoms in total. The van der Waals surface area contributed by atoms with Crippen LogP contribution in [0.1, 0.15) is 181 Å². The zero-order valence-electron chi connectivity index (χ0n) is 37.0. The molecular weight excluding hydrogens is 695 g/mol. The number of rotatable bonds is 39. The van der Waals surface area contributed by atoms with Crippen molar-refractivity contribution in [3.63, 3.8) is 0 Å². The Labute approximate surface area is 346 Å². The third-order valence-electron chi connectivity index (χ3n) is 10.8. The molecule has 0 N–H and O–H groups in total. The standard InChI is InChI=1S/C49H89N3O4/c1-4-6-8-10-12-14-16-18-20-22-24-26-28-30-32-34-46-55-48(53)36-38-51(44-45-52-42-40-50(3)41-43-52)39-37-49(54)56-47-35-33-31-29-27-25-23-21-19-17-15-13-11-9-7-5-2/h12-15,18-21H,4-11,16-17,22-47H2,1-3H3/b14-12-,15-13-,20-18-,21-19-. The number of hydrogen-bond acceptors (Lipinski definition) is 7. The molecule has 0 aromatic rings. The molecule has 1 fully saturated rings. The van der Waals surface area contributed by atoms with Crippen molar-refractivity contribution in [2.75, 3.05) is 72.6 Å². The van der Waals surface area contributed by atoms with E-state index < -0.39 is 0 Å². The molecule has 0 amide bonds. The summed E-state index contributed by atoms with van der Waals surface area (Å²) in [6.45, 7) is 12.9. The van der Waals surface area contributed by atoms with Crippen LogP contribution in [0.25, 0.3) is 0 Å². The Bertz CT molecular complexity index is 935. The van der Waals surface area contributed by atoms with E-state index in [1.54, 1.807) is 0 Å². The van der Waals surface area contributed by atoms with Gasteiger partial charge in [-0.1, -0.05) is 140 Å². The highest BCUT2D eigenvalue weighted by molar-refractivity contribution is 5.70. The van der Waals surface area contributed by atoms with Gasteiger partial charge in [-0.3, -0.25) is 14.5 Å². The van der Waals surface area contributed by atoms with Crippen molar-refractivity contribution >= 4 is 11.9 Å². The lowest BCUT2D eigenvalue weighted by molar-refractivity contribution is -0.144. The maximum atomic E-state index is 12.6. The minimum atomic E-state index is -0.128. The summed E-state index contributed by atoms with van der Waals surface area (Å²) >= 11 is 0. The van der Waals surface area contributed by atoms with Gasteiger partial charge in [-0.2, -0.15) is 0 Å². The van der Waals surface area contributed by atoms with E-state index in [-0.39, 0.29) is 11.9 Å². The second-order valence-corrected chi connectivity index (χ2v) is 16.1. The maximum Gasteiger partial charge on any atom is 0.307 e. The Morgan fingerprint density at radius 3 is 1.27 bits per heavy atom. The molecule has 324 valence electrons. The monoisotopic (exact) mass is 784 g/mol. The Morgan fingerprint density at radius 1 is 0.482 bits per heavy atom. The second-order valence-electron chi connectivity index (χ2n) is 16.1. The van der Waals surface area contributed by atoms with E-state index in [0.29, 0.717) is 39.1 Å². The fourth-order valence-corrected chi connectivity index (χ4v) is 6.89. The largest absolute Gasteiger partial charge is 0.466 e. The normalized spacial score (nSPS) is 14.4. The summed E-state index contributed by atoms with van der Waals surface area (Å²) in [4.78, 5) is 32.3. The molecule has 0 atom stereocenters. The average Bonchev–Trinajstić information content (AvgIpc) is 3.20. The van der Waals surface area contributed by atoms with Gasteiger partial charge in [-0.15, -0.1) is 0 Å². The van der Waals surface area contributed by atoms with E-state index in [1.807, 2.05) is 0 Å². The molecule has 1 saturated heterocycles. The molecule has 0 bridgehead atoms. The number of nitrogens with zero attached hydrogens (tertiary/aromatic N) is 3. The molecule has 0 spiro atoms. The van der Waals surface area contributed by atoms with Crippen LogP contribution in [0.4, 0.5) is 0 Å². The number of esters is 2. The van der Waals surface area contributed by atoms with Crippen molar-refractivity contribution in [2.24, 2.45) is 0 Å². The van der Waals surface area contributed by atoms with Crippen LogP contribution in [-0.4, -0.2) is 99.3 Å². The smallest absolute Gasteiger partial charge is 0.307 e. The van der Waals surface area contributed by atoms with Crippen LogP contribution >= 0.6 is 0 Å². The first kappa shape index (κ1) is 51.8. The van der Waals surface area contributed by atoms with Crippen LogP contribution in [0.15, 0.2) is 48.6 Å². The molecule has 1 aliphatic rings. The first-order valence-electron chi connectivity index (χ1n) is 23.6. The van der Waals surface area contributed by atoms with Crippen LogP contribution in [0.2, 0.25) is 0 Å². The van der Waals surface area contributed by atoms with E-state index in [1.165, 1.54) is 116 Å². The Balaban J connectivity index is 2.14. The highest BCUT2D eigenvalue weighted by Crippen LogP contribution is 2.11. The fourth-order valence-electron chi connectivity index (χ4n) is 6.89. The third-order valence-corrected chi connectivity index (χ3v) is 10.8. The summed E-state index contributed by atoms with van der Waals surface area (Å²) in [5.74, 6) is -0.255. The van der Waals surface area contributed by atoms with Gasteiger partial charge in [0, 0.05) is 52.4 Å². The SMILES string of the molecule is CCCCC/C=C\C/C=C\CCCCCCCCOC(=O)CCN(CCC(=O)OCCCCCCCC/C=C\C/C=C\CCCCC)CCN1CCN(C)CC1. The zero-order chi connectivity index (χ0) is 40.4. The summed E-state index contributed by atoms with van der Waals surface area (Å²) in [6, 6.07) is 0. The molecule has 0 unspecified atom stereocenters. The van der Waals surface area contributed by atoms with Crippen LogP contribution in [0.5, 0.6) is 0 Å². The maximum absolute atomic E-state index is 12.6. The number of ether oxygens (including phenoxy) is 2. The highest BCUT2D eigenvalue weighted by atomic mass is 16.5. The molecule has 1 rings (SSSR count). The van der Waals surface area contributed by atoms with Gasteiger partial charge in [-0.25, -0.2) is 0 Å². The van der Waals surface area contributed by atoms with E-state index in [4.69, 9.17) is 9.47 Å².